The Labute approximate surface area is 141 Å². The van der Waals surface area contributed by atoms with Crippen LogP contribution in [0, 0.1) is 20.8 Å². The van der Waals surface area contributed by atoms with Crippen molar-refractivity contribution in [3.63, 3.8) is 0 Å². The van der Waals surface area contributed by atoms with Crippen molar-refractivity contribution >= 4 is 17.7 Å². The Kier molecular flexibility index (Phi) is 6.24. The number of H-pyrrole nitrogens is 1. The van der Waals surface area contributed by atoms with E-state index in [2.05, 4.69) is 40.6 Å². The maximum Gasteiger partial charge on any atom is 0.241 e. The maximum absolute atomic E-state index is 12.1. The molecule has 0 spiro atoms. The van der Waals surface area contributed by atoms with Crippen LogP contribution in [0.5, 0.6) is 0 Å². The summed E-state index contributed by atoms with van der Waals surface area (Å²) in [6.07, 6.45) is 0. The molecule has 4 N–H and O–H groups in total. The van der Waals surface area contributed by atoms with Gasteiger partial charge in [-0.15, -0.1) is 0 Å². The van der Waals surface area contributed by atoms with E-state index < -0.39 is 6.04 Å². The first-order valence-corrected chi connectivity index (χ1v) is 8.83. The summed E-state index contributed by atoms with van der Waals surface area (Å²) in [4.78, 5) is 12.1. The first kappa shape index (κ1) is 17.6. The number of nitrogens with zero attached hydrogens (tertiary/aromatic N) is 1. The third-order valence-corrected chi connectivity index (χ3v) is 4.85. The molecule has 124 valence electrons. The number of aryl methyl sites for hydroxylation is 3. The van der Waals surface area contributed by atoms with E-state index in [1.54, 1.807) is 11.8 Å². The lowest BCUT2D eigenvalue weighted by Gasteiger charge is -2.13. The van der Waals surface area contributed by atoms with E-state index in [1.807, 2.05) is 19.9 Å². The van der Waals surface area contributed by atoms with Crippen LogP contribution < -0.4 is 11.1 Å². The van der Waals surface area contributed by atoms with Crippen molar-refractivity contribution < 1.29 is 4.79 Å². The highest BCUT2D eigenvalue weighted by Crippen LogP contribution is 2.18. The molecule has 0 fully saturated rings. The molecule has 0 radical (unpaired) electrons. The number of amides is 1. The number of aromatic nitrogens is 2. The fourth-order valence-corrected chi connectivity index (χ4v) is 3.39. The first-order valence-electron chi connectivity index (χ1n) is 7.67. The number of nitrogens with two attached hydrogens (primary N) is 1. The summed E-state index contributed by atoms with van der Waals surface area (Å²) in [6, 6.07) is 7.69. The van der Waals surface area contributed by atoms with E-state index in [4.69, 9.17) is 5.73 Å². The number of carbonyl (C=O) groups excluding carboxylic acids is 1. The molecule has 0 saturated heterocycles. The fourth-order valence-electron chi connectivity index (χ4n) is 2.46. The average molecular weight is 332 g/mol. The van der Waals surface area contributed by atoms with Crippen LogP contribution >= 0.6 is 11.8 Å². The van der Waals surface area contributed by atoms with Gasteiger partial charge >= 0.3 is 0 Å². The van der Waals surface area contributed by atoms with Crippen LogP contribution in [-0.4, -0.2) is 28.4 Å². The largest absolute Gasteiger partial charge is 0.354 e. The number of hydrogen-bond acceptors (Lipinski definition) is 4. The van der Waals surface area contributed by atoms with Gasteiger partial charge in [-0.3, -0.25) is 9.89 Å². The van der Waals surface area contributed by atoms with Gasteiger partial charge in [-0.1, -0.05) is 24.3 Å². The summed E-state index contributed by atoms with van der Waals surface area (Å²) in [5, 5.41) is 9.84. The molecule has 2 aromatic rings. The van der Waals surface area contributed by atoms with E-state index in [-0.39, 0.29) is 5.91 Å². The number of carbonyl (C=O) groups is 1. The number of aromatic amines is 1. The predicted octanol–water partition coefficient (Wildman–Crippen LogP) is 2.38. The van der Waals surface area contributed by atoms with Gasteiger partial charge in [0.05, 0.1) is 5.69 Å². The molecule has 5 nitrogen and oxygen atoms in total. The first-order chi connectivity index (χ1) is 11.0. The van der Waals surface area contributed by atoms with Crippen LogP contribution in [-0.2, 0) is 10.5 Å². The predicted molar refractivity (Wildman–Crippen MR) is 95.3 cm³/mol. The minimum absolute atomic E-state index is 0.158. The Morgan fingerprint density at radius 3 is 2.74 bits per heavy atom. The SMILES string of the molecule is Cc1ccccc1CSCCNC(=O)C(N)c1c(C)n[nH]c1C. The van der Waals surface area contributed by atoms with E-state index in [0.717, 1.165) is 28.5 Å². The summed E-state index contributed by atoms with van der Waals surface area (Å²) in [5.74, 6) is 1.65. The molecule has 1 heterocycles. The van der Waals surface area contributed by atoms with Gasteiger partial charge in [-0.2, -0.15) is 16.9 Å². The van der Waals surface area contributed by atoms with Gasteiger partial charge in [0, 0.05) is 29.3 Å². The lowest BCUT2D eigenvalue weighted by molar-refractivity contribution is -0.122. The Bertz CT molecular complexity index is 649. The zero-order valence-electron chi connectivity index (χ0n) is 13.8. The van der Waals surface area contributed by atoms with E-state index in [0.29, 0.717) is 6.54 Å². The van der Waals surface area contributed by atoms with Crippen LogP contribution in [0.1, 0.15) is 34.1 Å². The normalized spacial score (nSPS) is 12.2. The molecule has 1 amide bonds. The van der Waals surface area contributed by atoms with Crippen molar-refractivity contribution in [3.8, 4) is 0 Å². The van der Waals surface area contributed by atoms with Gasteiger partial charge in [-0.25, -0.2) is 0 Å². The van der Waals surface area contributed by atoms with Gasteiger partial charge < -0.3 is 11.1 Å². The average Bonchev–Trinajstić information content (AvgIpc) is 2.86. The molecule has 0 aliphatic rings. The molecule has 0 aliphatic heterocycles. The minimum Gasteiger partial charge on any atom is -0.354 e. The molecule has 1 unspecified atom stereocenters. The number of benzene rings is 1. The smallest absolute Gasteiger partial charge is 0.241 e. The Morgan fingerprint density at radius 2 is 2.09 bits per heavy atom. The second kappa shape index (κ2) is 8.17. The summed E-state index contributed by atoms with van der Waals surface area (Å²) in [6.45, 7) is 6.45. The lowest BCUT2D eigenvalue weighted by Crippen LogP contribution is -2.35. The van der Waals surface area contributed by atoms with Crippen LogP contribution in [0.25, 0.3) is 0 Å². The van der Waals surface area contributed by atoms with Crippen molar-refractivity contribution in [2.45, 2.75) is 32.6 Å². The van der Waals surface area contributed by atoms with Gasteiger partial charge in [-0.05, 0) is 31.9 Å². The highest BCUT2D eigenvalue weighted by molar-refractivity contribution is 7.98. The maximum atomic E-state index is 12.1. The number of thioether (sulfide) groups is 1. The topological polar surface area (TPSA) is 83.8 Å². The van der Waals surface area contributed by atoms with Gasteiger partial charge in [0.15, 0.2) is 0 Å². The molecule has 6 heteroatoms. The molecule has 0 bridgehead atoms. The van der Waals surface area contributed by atoms with Crippen molar-refractivity contribution in [2.24, 2.45) is 5.73 Å². The van der Waals surface area contributed by atoms with E-state index in [1.165, 1.54) is 11.1 Å². The standard InChI is InChI=1S/C17H24N4OS/c1-11-6-4-5-7-14(11)10-23-9-8-19-17(22)16(18)15-12(2)20-21-13(15)3/h4-7,16H,8-10,18H2,1-3H3,(H,19,22)(H,20,21). The third kappa shape index (κ3) is 4.59. The van der Waals surface area contributed by atoms with Crippen LogP contribution in [0.4, 0.5) is 0 Å². The van der Waals surface area contributed by atoms with Gasteiger partial charge in [0.25, 0.3) is 0 Å². The monoisotopic (exact) mass is 332 g/mol. The fraction of sp³-hybridized carbons (Fsp3) is 0.412. The molecule has 0 aliphatic carbocycles. The van der Waals surface area contributed by atoms with Gasteiger partial charge in [0.2, 0.25) is 5.91 Å². The van der Waals surface area contributed by atoms with E-state index in [9.17, 15) is 4.79 Å². The lowest BCUT2D eigenvalue weighted by atomic mass is 10.1. The molecule has 23 heavy (non-hydrogen) atoms. The van der Waals surface area contributed by atoms with Crippen LogP contribution in [0.2, 0.25) is 0 Å². The highest BCUT2D eigenvalue weighted by atomic mass is 32.2. The molecule has 1 aromatic heterocycles. The van der Waals surface area contributed by atoms with Crippen molar-refractivity contribution in [1.29, 1.82) is 0 Å². The zero-order valence-corrected chi connectivity index (χ0v) is 14.7. The molecule has 1 atom stereocenters. The van der Waals surface area contributed by atoms with Crippen molar-refractivity contribution in [3.05, 3.63) is 52.3 Å². The number of nitrogens with one attached hydrogen (secondary N) is 2. The summed E-state index contributed by atoms with van der Waals surface area (Å²) in [5.41, 5.74) is 11.1. The molecule has 0 saturated carbocycles. The number of rotatable bonds is 7. The quantitative estimate of drug-likeness (QED) is 0.680. The Balaban J connectivity index is 1.74. The second-order valence-corrected chi connectivity index (χ2v) is 6.70. The molecule has 2 rings (SSSR count). The highest BCUT2D eigenvalue weighted by Gasteiger charge is 2.21. The second-order valence-electron chi connectivity index (χ2n) is 5.60. The Morgan fingerprint density at radius 1 is 1.35 bits per heavy atom. The summed E-state index contributed by atoms with van der Waals surface area (Å²) >= 11 is 1.80. The van der Waals surface area contributed by atoms with Gasteiger partial charge in [0.1, 0.15) is 6.04 Å². The third-order valence-electron chi connectivity index (χ3n) is 3.84. The molecule has 1 aromatic carbocycles. The Hall–Kier alpha value is -1.79. The zero-order chi connectivity index (χ0) is 16.8. The minimum atomic E-state index is -0.671. The molecular formula is C17H24N4OS. The van der Waals surface area contributed by atoms with Crippen molar-refractivity contribution in [2.75, 3.05) is 12.3 Å². The van der Waals surface area contributed by atoms with Crippen molar-refractivity contribution in [1.82, 2.24) is 15.5 Å². The summed E-state index contributed by atoms with van der Waals surface area (Å²) < 4.78 is 0. The summed E-state index contributed by atoms with van der Waals surface area (Å²) in [7, 11) is 0. The van der Waals surface area contributed by atoms with E-state index >= 15 is 0 Å². The molecular weight excluding hydrogens is 308 g/mol. The van der Waals surface area contributed by atoms with Crippen LogP contribution in [0.3, 0.4) is 0 Å². The van der Waals surface area contributed by atoms with Crippen LogP contribution in [0.15, 0.2) is 24.3 Å². The number of hydrogen-bond donors (Lipinski definition) is 3.